The molecular formula is C30H19Cl3N2O4. The minimum absolute atomic E-state index is 0.0257. The van der Waals surface area contributed by atoms with E-state index in [-0.39, 0.29) is 34.4 Å². The lowest BCUT2D eigenvalue weighted by molar-refractivity contribution is 0.0734. The highest BCUT2D eigenvalue weighted by molar-refractivity contribution is 6.35. The Morgan fingerprint density at radius 1 is 0.923 bits per heavy atom. The molecule has 0 radical (unpaired) electrons. The SMILES string of the molecule is N#CC1=C(N)Oc2cc(OC(=O)c3ccccc3Cl)ccc2C1c1ccc(OCc2ccc(Cl)cc2Cl)cc1. The van der Waals surface area contributed by atoms with Crippen LogP contribution in [0.1, 0.15) is 33.0 Å². The quantitative estimate of drug-likeness (QED) is 0.187. The van der Waals surface area contributed by atoms with Gasteiger partial charge in [-0.15, -0.1) is 0 Å². The van der Waals surface area contributed by atoms with Crippen LogP contribution in [-0.4, -0.2) is 5.97 Å². The highest BCUT2D eigenvalue weighted by Crippen LogP contribution is 2.43. The second kappa shape index (κ2) is 11.3. The van der Waals surface area contributed by atoms with Crippen molar-refractivity contribution >= 4 is 40.8 Å². The summed E-state index contributed by atoms with van der Waals surface area (Å²) in [6, 6.07) is 26.2. The van der Waals surface area contributed by atoms with Crippen LogP contribution in [0.4, 0.5) is 0 Å². The van der Waals surface area contributed by atoms with Crippen molar-refractivity contribution in [1.29, 1.82) is 5.26 Å². The summed E-state index contributed by atoms with van der Waals surface area (Å²) in [7, 11) is 0. The van der Waals surface area contributed by atoms with Crippen molar-refractivity contribution in [2.45, 2.75) is 12.5 Å². The van der Waals surface area contributed by atoms with Crippen LogP contribution < -0.4 is 19.9 Å². The summed E-state index contributed by atoms with van der Waals surface area (Å²) in [6.07, 6.45) is 0. The van der Waals surface area contributed by atoms with E-state index < -0.39 is 11.9 Å². The fraction of sp³-hybridized carbons (Fsp3) is 0.0667. The summed E-state index contributed by atoms with van der Waals surface area (Å²) in [6.45, 7) is 0.265. The lowest BCUT2D eigenvalue weighted by Gasteiger charge is -2.27. The van der Waals surface area contributed by atoms with Gasteiger partial charge in [0.05, 0.1) is 16.5 Å². The van der Waals surface area contributed by atoms with Gasteiger partial charge >= 0.3 is 5.97 Å². The third-order valence-corrected chi connectivity index (χ3v) is 7.03. The Kier molecular flexibility index (Phi) is 7.67. The second-order valence-corrected chi connectivity index (χ2v) is 9.84. The second-order valence-electron chi connectivity index (χ2n) is 8.59. The van der Waals surface area contributed by atoms with Gasteiger partial charge in [0, 0.05) is 27.2 Å². The van der Waals surface area contributed by atoms with E-state index in [4.69, 9.17) is 54.7 Å². The maximum absolute atomic E-state index is 12.6. The van der Waals surface area contributed by atoms with Gasteiger partial charge in [-0.05, 0) is 48.0 Å². The molecule has 0 fully saturated rings. The number of allylic oxidation sites excluding steroid dienone is 1. The van der Waals surface area contributed by atoms with Gasteiger partial charge in [-0.3, -0.25) is 0 Å². The van der Waals surface area contributed by atoms with E-state index in [0.717, 1.165) is 11.1 Å². The number of carbonyl (C=O) groups is 1. The summed E-state index contributed by atoms with van der Waals surface area (Å²) < 4.78 is 17.1. The van der Waals surface area contributed by atoms with Crippen molar-refractivity contribution in [3.8, 4) is 23.3 Å². The Balaban J connectivity index is 1.38. The Labute approximate surface area is 239 Å². The normalized spacial score (nSPS) is 14.2. The van der Waals surface area contributed by atoms with Crippen LogP contribution in [0, 0.1) is 11.3 Å². The number of rotatable bonds is 6. The van der Waals surface area contributed by atoms with E-state index in [0.29, 0.717) is 27.1 Å². The van der Waals surface area contributed by atoms with Gasteiger partial charge in [0.1, 0.15) is 35.5 Å². The summed E-state index contributed by atoms with van der Waals surface area (Å²) in [5.74, 6) is 0.113. The number of fused-ring (bicyclic) bond motifs is 1. The fourth-order valence-electron chi connectivity index (χ4n) is 4.19. The van der Waals surface area contributed by atoms with E-state index >= 15 is 0 Å². The molecule has 0 amide bonds. The van der Waals surface area contributed by atoms with Gasteiger partial charge in [0.15, 0.2) is 0 Å². The molecule has 1 aliphatic heterocycles. The van der Waals surface area contributed by atoms with E-state index in [9.17, 15) is 10.1 Å². The summed E-state index contributed by atoms with van der Waals surface area (Å²) in [5.41, 5.74) is 8.93. The van der Waals surface area contributed by atoms with Crippen molar-refractivity contribution < 1.29 is 19.0 Å². The number of carbonyl (C=O) groups excluding carboxylic acids is 1. The molecule has 5 rings (SSSR count). The van der Waals surface area contributed by atoms with Gasteiger partial charge in [-0.2, -0.15) is 5.26 Å². The summed E-state index contributed by atoms with van der Waals surface area (Å²) >= 11 is 18.3. The molecule has 6 nitrogen and oxygen atoms in total. The zero-order valence-corrected chi connectivity index (χ0v) is 22.4. The third-order valence-electron chi connectivity index (χ3n) is 6.12. The van der Waals surface area contributed by atoms with Gasteiger partial charge in [0.25, 0.3) is 0 Å². The van der Waals surface area contributed by atoms with Gasteiger partial charge < -0.3 is 19.9 Å². The number of halogens is 3. The van der Waals surface area contributed by atoms with Crippen LogP contribution >= 0.6 is 34.8 Å². The number of hydrogen-bond acceptors (Lipinski definition) is 6. The molecule has 0 saturated carbocycles. The molecule has 4 aromatic rings. The Morgan fingerprint density at radius 3 is 2.38 bits per heavy atom. The highest BCUT2D eigenvalue weighted by atomic mass is 35.5. The smallest absolute Gasteiger partial charge is 0.345 e. The Bertz CT molecular complexity index is 1650. The minimum Gasteiger partial charge on any atom is -0.489 e. The predicted molar refractivity (Wildman–Crippen MR) is 149 cm³/mol. The van der Waals surface area contributed by atoms with Crippen LogP contribution in [0.3, 0.4) is 0 Å². The number of nitriles is 1. The van der Waals surface area contributed by atoms with E-state index in [1.807, 2.05) is 18.2 Å². The van der Waals surface area contributed by atoms with E-state index in [2.05, 4.69) is 6.07 Å². The summed E-state index contributed by atoms with van der Waals surface area (Å²) in [4.78, 5) is 12.6. The largest absolute Gasteiger partial charge is 0.489 e. The van der Waals surface area contributed by atoms with Gasteiger partial charge in [-0.1, -0.05) is 71.2 Å². The Morgan fingerprint density at radius 2 is 1.67 bits per heavy atom. The Hall–Kier alpha value is -4.15. The first-order valence-electron chi connectivity index (χ1n) is 11.7. The molecule has 1 unspecified atom stereocenters. The van der Waals surface area contributed by atoms with Crippen LogP contribution in [0.2, 0.25) is 15.1 Å². The maximum Gasteiger partial charge on any atom is 0.345 e. The van der Waals surface area contributed by atoms with Gasteiger partial charge in [-0.25, -0.2) is 4.79 Å². The molecule has 0 aromatic heterocycles. The predicted octanol–water partition coefficient (Wildman–Crippen LogP) is 7.66. The molecule has 0 spiro atoms. The molecular weight excluding hydrogens is 559 g/mol. The number of ether oxygens (including phenoxy) is 3. The van der Waals surface area contributed by atoms with Crippen molar-refractivity contribution in [2.24, 2.45) is 5.73 Å². The topological polar surface area (TPSA) is 94.6 Å². The number of nitrogens with two attached hydrogens (primary N) is 1. The van der Waals surface area contributed by atoms with E-state index in [1.54, 1.807) is 66.7 Å². The molecule has 39 heavy (non-hydrogen) atoms. The number of hydrogen-bond donors (Lipinski definition) is 1. The number of nitrogens with zero attached hydrogens (tertiary/aromatic N) is 1. The molecule has 194 valence electrons. The molecule has 0 aliphatic carbocycles. The van der Waals surface area contributed by atoms with Crippen LogP contribution in [-0.2, 0) is 6.61 Å². The van der Waals surface area contributed by atoms with Crippen LogP contribution in [0.5, 0.6) is 17.2 Å². The number of esters is 1. The average Bonchev–Trinajstić information content (AvgIpc) is 2.92. The van der Waals surface area contributed by atoms with Crippen LogP contribution in [0.25, 0.3) is 0 Å². The zero-order valence-electron chi connectivity index (χ0n) is 20.2. The lowest BCUT2D eigenvalue weighted by Crippen LogP contribution is -2.21. The third kappa shape index (κ3) is 5.67. The van der Waals surface area contributed by atoms with E-state index in [1.165, 1.54) is 0 Å². The van der Waals surface area contributed by atoms with Crippen molar-refractivity contribution in [1.82, 2.24) is 0 Å². The molecule has 2 N–H and O–H groups in total. The summed E-state index contributed by atoms with van der Waals surface area (Å²) in [5, 5.41) is 11.2. The van der Waals surface area contributed by atoms with Crippen molar-refractivity contribution in [3.05, 3.63) is 134 Å². The zero-order chi connectivity index (χ0) is 27.5. The maximum atomic E-state index is 12.6. The van der Waals surface area contributed by atoms with Crippen molar-refractivity contribution in [2.75, 3.05) is 0 Å². The first kappa shape index (κ1) is 26.5. The fourth-order valence-corrected chi connectivity index (χ4v) is 4.86. The monoisotopic (exact) mass is 576 g/mol. The number of benzene rings is 4. The molecule has 4 aromatic carbocycles. The molecule has 1 aliphatic rings. The molecule has 1 heterocycles. The van der Waals surface area contributed by atoms with Gasteiger partial charge in [0.2, 0.25) is 5.88 Å². The standard InChI is InChI=1S/C30H19Cl3N2O4/c31-19-8-5-18(26(33)13-19)16-37-20-9-6-17(7-10-20)28-23-12-11-21(14-27(23)39-29(35)24(28)15-34)38-30(36)22-3-1-2-4-25(22)32/h1-14,28H,16,35H2. The first-order valence-corrected chi connectivity index (χ1v) is 12.8. The molecule has 0 bridgehead atoms. The minimum atomic E-state index is -0.607. The molecule has 1 atom stereocenters. The first-order chi connectivity index (χ1) is 18.8. The molecule has 0 saturated heterocycles. The van der Waals surface area contributed by atoms with Crippen molar-refractivity contribution in [3.63, 3.8) is 0 Å². The highest BCUT2D eigenvalue weighted by Gasteiger charge is 2.31. The average molecular weight is 578 g/mol. The molecule has 9 heteroatoms. The lowest BCUT2D eigenvalue weighted by atomic mass is 9.83. The van der Waals surface area contributed by atoms with Crippen LogP contribution in [0.15, 0.2) is 96.4 Å².